The molecule has 0 aromatic carbocycles. The lowest BCUT2D eigenvalue weighted by Gasteiger charge is -2.40. The third-order valence-corrected chi connectivity index (χ3v) is 12.6. The van der Waals surface area contributed by atoms with E-state index in [0.717, 1.165) is 83.5 Å². The fourth-order valence-electron chi connectivity index (χ4n) is 8.42. The van der Waals surface area contributed by atoms with Crippen molar-refractivity contribution in [1.82, 2.24) is 0 Å². The van der Waals surface area contributed by atoms with Crippen LogP contribution in [-0.2, 0) is 9.59 Å². The summed E-state index contributed by atoms with van der Waals surface area (Å²) in [5.41, 5.74) is -4.70. The minimum Gasteiger partial charge on any atom is -0.393 e. The van der Waals surface area contributed by atoms with Gasteiger partial charge in [0, 0.05) is 12.8 Å². The second kappa shape index (κ2) is 42.4. The smallest absolute Gasteiger partial charge is 0.181 e. The third-order valence-electron chi connectivity index (χ3n) is 12.6. The van der Waals surface area contributed by atoms with Gasteiger partial charge in [-0.25, -0.2) is 0 Å². The van der Waals surface area contributed by atoms with Gasteiger partial charge in [0.1, 0.15) is 0 Å². The zero-order valence-corrected chi connectivity index (χ0v) is 39.2. The Labute approximate surface area is 361 Å². The normalized spacial score (nSPS) is 14.1. The molecule has 0 saturated heterocycles. The standard InChI is InChI=1S/C53H100O5/c1-4-7-10-13-16-19-22-25-26-27-30-33-36-39-42-45-48-52(57,50(55)46-43-40-37-34-31-28-23-20-17-14-11-8-5-2)53(58,49-54)51(56)47-44-41-38-35-32-29-24-21-18-15-12-9-6-3/h16,19,25-26,54,57-58H,4-15,17-18,20-24,27-49H2,1-3H3. The van der Waals surface area contributed by atoms with Crippen LogP contribution in [0.5, 0.6) is 0 Å². The van der Waals surface area contributed by atoms with Gasteiger partial charge >= 0.3 is 0 Å². The largest absolute Gasteiger partial charge is 0.393 e. The van der Waals surface area contributed by atoms with Gasteiger partial charge in [0.05, 0.1) is 6.61 Å². The minimum atomic E-state index is -2.45. The first kappa shape index (κ1) is 56.7. The first-order valence-corrected chi connectivity index (χ1v) is 25.8. The van der Waals surface area contributed by atoms with Crippen LogP contribution in [0.2, 0.25) is 0 Å². The van der Waals surface area contributed by atoms with Crippen molar-refractivity contribution in [2.45, 2.75) is 295 Å². The highest BCUT2D eigenvalue weighted by molar-refractivity contribution is 5.99. The molecule has 58 heavy (non-hydrogen) atoms. The molecule has 0 radical (unpaired) electrons. The third kappa shape index (κ3) is 30.7. The highest BCUT2D eigenvalue weighted by atomic mass is 16.4. The Morgan fingerprint density at radius 2 is 0.638 bits per heavy atom. The molecule has 342 valence electrons. The highest BCUT2D eigenvalue weighted by Crippen LogP contribution is 2.34. The molecule has 0 fully saturated rings. The number of hydrogen-bond donors (Lipinski definition) is 3. The van der Waals surface area contributed by atoms with Gasteiger partial charge in [0.15, 0.2) is 22.8 Å². The zero-order valence-electron chi connectivity index (χ0n) is 39.2. The molecule has 0 aromatic rings. The summed E-state index contributed by atoms with van der Waals surface area (Å²) < 4.78 is 0. The Balaban J connectivity index is 4.83. The van der Waals surface area contributed by atoms with E-state index in [1.54, 1.807) is 0 Å². The summed E-state index contributed by atoms with van der Waals surface area (Å²) in [6, 6.07) is 0. The molecule has 0 saturated carbocycles. The fourth-order valence-corrected chi connectivity index (χ4v) is 8.42. The van der Waals surface area contributed by atoms with Crippen molar-refractivity contribution in [1.29, 1.82) is 0 Å². The van der Waals surface area contributed by atoms with Crippen molar-refractivity contribution in [2.24, 2.45) is 0 Å². The number of carbonyl (C=O) groups excluding carboxylic acids is 2. The Morgan fingerprint density at radius 1 is 0.362 bits per heavy atom. The number of unbranched alkanes of at least 4 members (excludes halogenated alkanes) is 33. The van der Waals surface area contributed by atoms with E-state index in [0.29, 0.717) is 19.3 Å². The second-order valence-corrected chi connectivity index (χ2v) is 18.0. The number of carbonyl (C=O) groups is 2. The van der Waals surface area contributed by atoms with Crippen molar-refractivity contribution in [3.63, 3.8) is 0 Å². The van der Waals surface area contributed by atoms with E-state index >= 15 is 0 Å². The molecule has 5 heteroatoms. The van der Waals surface area contributed by atoms with Gasteiger partial charge in [-0.1, -0.05) is 238 Å². The SMILES string of the molecule is CCCCCC=CCC=CCCCCCCCCC(O)(C(=O)CCCCCCCCCCCCCCC)C(O)(CO)C(=O)CCCCCCCCCCCCCCC. The van der Waals surface area contributed by atoms with Crippen molar-refractivity contribution in [3.8, 4) is 0 Å². The van der Waals surface area contributed by atoms with Gasteiger partial charge in [-0.15, -0.1) is 0 Å². The van der Waals surface area contributed by atoms with Crippen LogP contribution in [0, 0.1) is 0 Å². The van der Waals surface area contributed by atoms with Crippen LogP contribution < -0.4 is 0 Å². The summed E-state index contributed by atoms with van der Waals surface area (Å²) >= 11 is 0. The van der Waals surface area contributed by atoms with Crippen LogP contribution in [0.3, 0.4) is 0 Å². The summed E-state index contributed by atoms with van der Waals surface area (Å²) in [5.74, 6) is -1.06. The molecule has 0 aliphatic heterocycles. The summed E-state index contributed by atoms with van der Waals surface area (Å²) in [6.07, 6.45) is 53.2. The Bertz CT molecular complexity index is 958. The van der Waals surface area contributed by atoms with E-state index in [9.17, 15) is 24.9 Å². The second-order valence-electron chi connectivity index (χ2n) is 18.0. The van der Waals surface area contributed by atoms with E-state index in [4.69, 9.17) is 0 Å². The number of aliphatic hydroxyl groups excluding tert-OH is 1. The fraction of sp³-hybridized carbons (Fsp3) is 0.887. The molecule has 0 spiro atoms. The number of hydrogen-bond acceptors (Lipinski definition) is 5. The molecule has 0 bridgehead atoms. The number of aliphatic hydroxyl groups is 3. The molecular formula is C53H100O5. The van der Waals surface area contributed by atoms with E-state index in [1.807, 2.05) is 0 Å². The van der Waals surface area contributed by atoms with Crippen LogP contribution in [0.25, 0.3) is 0 Å². The van der Waals surface area contributed by atoms with Gasteiger partial charge in [0.25, 0.3) is 0 Å². The highest BCUT2D eigenvalue weighted by Gasteiger charge is 2.57. The molecule has 0 aliphatic rings. The van der Waals surface area contributed by atoms with E-state index in [1.165, 1.54) is 141 Å². The summed E-state index contributed by atoms with van der Waals surface area (Å²) in [7, 11) is 0. The van der Waals surface area contributed by atoms with Crippen molar-refractivity contribution >= 4 is 11.6 Å². The molecule has 2 atom stereocenters. The number of rotatable bonds is 47. The first-order chi connectivity index (χ1) is 28.3. The van der Waals surface area contributed by atoms with Gasteiger partial charge in [-0.3, -0.25) is 9.59 Å². The molecule has 3 N–H and O–H groups in total. The van der Waals surface area contributed by atoms with E-state index in [-0.39, 0.29) is 19.3 Å². The topological polar surface area (TPSA) is 94.8 Å². The summed E-state index contributed by atoms with van der Waals surface area (Å²) in [5, 5.41) is 34.2. The van der Waals surface area contributed by atoms with E-state index in [2.05, 4.69) is 45.1 Å². The predicted molar refractivity (Wildman–Crippen MR) is 252 cm³/mol. The lowest BCUT2D eigenvalue weighted by atomic mass is 9.71. The monoisotopic (exact) mass is 817 g/mol. The number of ketones is 2. The van der Waals surface area contributed by atoms with Crippen LogP contribution >= 0.6 is 0 Å². The lowest BCUT2D eigenvalue weighted by molar-refractivity contribution is -0.192. The Kier molecular flexibility index (Phi) is 41.4. The van der Waals surface area contributed by atoms with Crippen LogP contribution in [0.4, 0.5) is 0 Å². The van der Waals surface area contributed by atoms with Gasteiger partial charge < -0.3 is 15.3 Å². The molecule has 2 unspecified atom stereocenters. The lowest BCUT2D eigenvalue weighted by Crippen LogP contribution is -2.65. The van der Waals surface area contributed by atoms with Gasteiger partial charge in [-0.2, -0.15) is 0 Å². The molecule has 0 aliphatic carbocycles. The maximum absolute atomic E-state index is 13.8. The molecular weight excluding hydrogens is 717 g/mol. The molecule has 0 heterocycles. The van der Waals surface area contributed by atoms with E-state index < -0.39 is 29.4 Å². The van der Waals surface area contributed by atoms with Crippen molar-refractivity contribution in [2.75, 3.05) is 6.61 Å². The van der Waals surface area contributed by atoms with Crippen LogP contribution in [0.15, 0.2) is 24.3 Å². The summed E-state index contributed by atoms with van der Waals surface area (Å²) in [4.78, 5) is 27.4. The van der Waals surface area contributed by atoms with Gasteiger partial charge in [0.2, 0.25) is 0 Å². The maximum Gasteiger partial charge on any atom is 0.181 e. The average Bonchev–Trinajstić information content (AvgIpc) is 3.23. The minimum absolute atomic E-state index is 0.0143. The van der Waals surface area contributed by atoms with Crippen LogP contribution in [0.1, 0.15) is 284 Å². The maximum atomic E-state index is 13.8. The number of allylic oxidation sites excluding steroid dienone is 4. The predicted octanol–water partition coefficient (Wildman–Crippen LogP) is 15.7. The molecule has 0 amide bonds. The van der Waals surface area contributed by atoms with Crippen LogP contribution in [-0.4, -0.2) is 44.7 Å². The first-order valence-electron chi connectivity index (χ1n) is 25.8. The average molecular weight is 817 g/mol. The molecule has 0 aromatic heterocycles. The summed E-state index contributed by atoms with van der Waals surface area (Å²) in [6.45, 7) is 5.83. The molecule has 5 nitrogen and oxygen atoms in total. The number of Topliss-reactive ketones (excluding diaryl/α,β-unsaturated/α-hetero) is 2. The van der Waals surface area contributed by atoms with Gasteiger partial charge in [-0.05, 0) is 57.8 Å². The zero-order chi connectivity index (χ0) is 42.7. The Morgan fingerprint density at radius 3 is 1.00 bits per heavy atom. The quantitative estimate of drug-likeness (QED) is 0.0420. The van der Waals surface area contributed by atoms with Crippen molar-refractivity contribution < 1.29 is 24.9 Å². The van der Waals surface area contributed by atoms with Crippen molar-refractivity contribution in [3.05, 3.63) is 24.3 Å². The molecule has 0 rings (SSSR count). The Hall–Kier alpha value is -1.30.